The van der Waals surface area contributed by atoms with Gasteiger partial charge in [-0.2, -0.15) is 0 Å². The van der Waals surface area contributed by atoms with Crippen LogP contribution in [-0.2, 0) is 29.5 Å². The number of methoxy groups -OCH3 is 1. The fourth-order valence-electron chi connectivity index (χ4n) is 3.54. The van der Waals surface area contributed by atoms with Crippen molar-refractivity contribution < 1.29 is 9.53 Å². The molecule has 27 heavy (non-hydrogen) atoms. The van der Waals surface area contributed by atoms with E-state index in [2.05, 4.69) is 61.0 Å². The Hall–Kier alpha value is -2.59. The molecule has 0 fully saturated rings. The average Bonchev–Trinajstić information content (AvgIpc) is 3.01. The van der Waals surface area contributed by atoms with Gasteiger partial charge in [-0.25, -0.2) is 0 Å². The monoisotopic (exact) mass is 364 g/mol. The summed E-state index contributed by atoms with van der Waals surface area (Å²) < 4.78 is 7.30. The van der Waals surface area contributed by atoms with Gasteiger partial charge in [-0.3, -0.25) is 4.79 Å². The third kappa shape index (κ3) is 4.58. The molecule has 0 N–H and O–H groups in total. The first-order valence-corrected chi connectivity index (χ1v) is 9.46. The first-order valence-electron chi connectivity index (χ1n) is 9.46. The summed E-state index contributed by atoms with van der Waals surface area (Å²) in [7, 11) is 3.63. The van der Waals surface area contributed by atoms with Gasteiger partial charge in [-0.1, -0.05) is 48.5 Å². The summed E-state index contributed by atoms with van der Waals surface area (Å²) in [6.45, 7) is 2.82. The number of benzene rings is 2. The van der Waals surface area contributed by atoms with E-state index in [1.54, 1.807) is 7.11 Å². The number of carbonyl (C=O) groups excluding carboxylic acids is 1. The standard InChI is InChI=1S/C23H28N2O2/c1-18(13-14-19-9-5-4-6-10-19)25(23(26)17-27-3)16-21-15-20-11-7-8-12-22(20)24(21)2/h4-12,15,18H,13-14,16-17H2,1-3H3/t18-/m1/s1. The van der Waals surface area contributed by atoms with Gasteiger partial charge in [-0.15, -0.1) is 0 Å². The Morgan fingerprint density at radius 2 is 1.81 bits per heavy atom. The first kappa shape index (κ1) is 19.2. The van der Waals surface area contributed by atoms with E-state index in [4.69, 9.17) is 4.74 Å². The molecule has 142 valence electrons. The second-order valence-electron chi connectivity index (χ2n) is 7.08. The zero-order valence-electron chi connectivity index (χ0n) is 16.4. The van der Waals surface area contributed by atoms with Crippen molar-refractivity contribution in [3.05, 3.63) is 71.9 Å². The number of aromatic nitrogens is 1. The summed E-state index contributed by atoms with van der Waals surface area (Å²) in [6.07, 6.45) is 1.87. The van der Waals surface area contributed by atoms with Crippen molar-refractivity contribution in [2.45, 2.75) is 32.4 Å². The largest absolute Gasteiger partial charge is 0.375 e. The third-order valence-corrected chi connectivity index (χ3v) is 5.20. The van der Waals surface area contributed by atoms with E-state index in [1.165, 1.54) is 16.5 Å². The van der Waals surface area contributed by atoms with Crippen LogP contribution < -0.4 is 0 Å². The van der Waals surface area contributed by atoms with Gasteiger partial charge in [0.05, 0.1) is 6.54 Å². The molecule has 1 atom stereocenters. The molecule has 3 aromatic rings. The maximum absolute atomic E-state index is 12.7. The van der Waals surface area contributed by atoms with Crippen molar-refractivity contribution in [1.82, 2.24) is 9.47 Å². The predicted molar refractivity (Wildman–Crippen MR) is 110 cm³/mol. The zero-order chi connectivity index (χ0) is 19.2. The van der Waals surface area contributed by atoms with Gasteiger partial charge in [0.2, 0.25) is 5.91 Å². The number of rotatable bonds is 8. The highest BCUT2D eigenvalue weighted by Crippen LogP contribution is 2.21. The molecule has 0 saturated carbocycles. The molecule has 2 aromatic carbocycles. The van der Waals surface area contributed by atoms with Crippen molar-refractivity contribution in [3.63, 3.8) is 0 Å². The highest BCUT2D eigenvalue weighted by molar-refractivity contribution is 5.82. The SMILES string of the molecule is COCC(=O)N(Cc1cc2ccccc2n1C)[C@H](C)CCc1ccccc1. The Kier molecular flexibility index (Phi) is 6.30. The van der Waals surface area contributed by atoms with E-state index in [-0.39, 0.29) is 18.6 Å². The lowest BCUT2D eigenvalue weighted by molar-refractivity contribution is -0.138. The highest BCUT2D eigenvalue weighted by atomic mass is 16.5. The maximum Gasteiger partial charge on any atom is 0.249 e. The molecule has 0 aliphatic rings. The number of hydrogen-bond donors (Lipinski definition) is 0. The number of nitrogens with zero attached hydrogens (tertiary/aromatic N) is 2. The van der Waals surface area contributed by atoms with E-state index in [0.717, 1.165) is 18.5 Å². The molecule has 0 aliphatic carbocycles. The minimum Gasteiger partial charge on any atom is -0.375 e. The molecular formula is C23H28N2O2. The normalized spacial score (nSPS) is 12.3. The van der Waals surface area contributed by atoms with Crippen LogP contribution in [0.5, 0.6) is 0 Å². The van der Waals surface area contributed by atoms with Crippen LogP contribution in [0.4, 0.5) is 0 Å². The average molecular weight is 364 g/mol. The third-order valence-electron chi connectivity index (χ3n) is 5.20. The fourth-order valence-corrected chi connectivity index (χ4v) is 3.54. The lowest BCUT2D eigenvalue weighted by Gasteiger charge is -2.29. The molecule has 4 nitrogen and oxygen atoms in total. The van der Waals surface area contributed by atoms with Gasteiger partial charge in [-0.05, 0) is 42.8 Å². The summed E-state index contributed by atoms with van der Waals surface area (Å²) in [6, 6.07) is 21.0. The Morgan fingerprint density at radius 3 is 2.52 bits per heavy atom. The molecule has 4 heteroatoms. The summed E-state index contributed by atoms with van der Waals surface area (Å²) in [4.78, 5) is 14.7. The maximum atomic E-state index is 12.7. The van der Waals surface area contributed by atoms with Gasteiger partial charge in [0.15, 0.2) is 0 Å². The molecular weight excluding hydrogens is 336 g/mol. The van der Waals surface area contributed by atoms with Crippen LogP contribution in [0, 0.1) is 0 Å². The molecule has 0 unspecified atom stereocenters. The minimum absolute atomic E-state index is 0.0308. The Bertz CT molecular complexity index is 886. The van der Waals surface area contributed by atoms with Crippen molar-refractivity contribution in [1.29, 1.82) is 0 Å². The van der Waals surface area contributed by atoms with Crippen LogP contribution >= 0.6 is 0 Å². The molecule has 0 aliphatic heterocycles. The van der Waals surface area contributed by atoms with E-state index in [9.17, 15) is 4.79 Å². The smallest absolute Gasteiger partial charge is 0.249 e. The van der Waals surface area contributed by atoms with Crippen molar-refractivity contribution in [2.75, 3.05) is 13.7 Å². The quantitative estimate of drug-likeness (QED) is 0.601. The van der Waals surface area contributed by atoms with Crippen molar-refractivity contribution in [2.24, 2.45) is 7.05 Å². The fraction of sp³-hybridized carbons (Fsp3) is 0.348. The summed E-state index contributed by atoms with van der Waals surface area (Å²) in [5.74, 6) is 0.0308. The Labute approximate surface area is 161 Å². The van der Waals surface area contributed by atoms with Gasteiger partial charge < -0.3 is 14.2 Å². The number of fused-ring (bicyclic) bond motifs is 1. The molecule has 0 saturated heterocycles. The van der Waals surface area contributed by atoms with Gasteiger partial charge >= 0.3 is 0 Å². The molecule has 1 aromatic heterocycles. The lowest BCUT2D eigenvalue weighted by atomic mass is 10.0. The second-order valence-corrected chi connectivity index (χ2v) is 7.08. The van der Waals surface area contributed by atoms with Gasteiger partial charge in [0.1, 0.15) is 6.61 Å². The number of ether oxygens (including phenoxy) is 1. The van der Waals surface area contributed by atoms with Crippen LogP contribution in [0.2, 0.25) is 0 Å². The topological polar surface area (TPSA) is 34.5 Å². The van der Waals surface area contributed by atoms with E-state index in [0.29, 0.717) is 6.54 Å². The zero-order valence-corrected chi connectivity index (χ0v) is 16.4. The van der Waals surface area contributed by atoms with Crippen LogP contribution in [0.25, 0.3) is 10.9 Å². The summed E-state index contributed by atoms with van der Waals surface area (Å²) in [5, 5.41) is 1.20. The van der Waals surface area contributed by atoms with Gasteiger partial charge in [0, 0.05) is 31.4 Å². The predicted octanol–water partition coefficient (Wildman–Crippen LogP) is 4.17. The second kappa shape index (κ2) is 8.87. The number of hydrogen-bond acceptors (Lipinski definition) is 2. The molecule has 1 amide bonds. The molecule has 0 spiro atoms. The van der Waals surface area contributed by atoms with Crippen molar-refractivity contribution >= 4 is 16.8 Å². The van der Waals surface area contributed by atoms with Crippen LogP contribution in [0.1, 0.15) is 24.6 Å². The summed E-state index contributed by atoms with van der Waals surface area (Å²) >= 11 is 0. The van der Waals surface area contributed by atoms with Crippen LogP contribution in [0.3, 0.4) is 0 Å². The van der Waals surface area contributed by atoms with E-state index < -0.39 is 0 Å². The van der Waals surface area contributed by atoms with Gasteiger partial charge in [0.25, 0.3) is 0 Å². The molecule has 3 rings (SSSR count). The molecule has 0 bridgehead atoms. The number of para-hydroxylation sites is 1. The van der Waals surface area contributed by atoms with E-state index >= 15 is 0 Å². The Morgan fingerprint density at radius 1 is 1.11 bits per heavy atom. The van der Waals surface area contributed by atoms with E-state index in [1.807, 2.05) is 23.1 Å². The summed E-state index contributed by atoms with van der Waals surface area (Å²) in [5.41, 5.74) is 3.61. The Balaban J connectivity index is 1.77. The van der Waals surface area contributed by atoms with Crippen LogP contribution in [-0.4, -0.2) is 35.1 Å². The first-order chi connectivity index (χ1) is 13.1. The van der Waals surface area contributed by atoms with Crippen molar-refractivity contribution in [3.8, 4) is 0 Å². The molecule has 1 heterocycles. The highest BCUT2D eigenvalue weighted by Gasteiger charge is 2.21. The number of amides is 1. The van der Waals surface area contributed by atoms with Crippen LogP contribution in [0.15, 0.2) is 60.7 Å². The number of carbonyl (C=O) groups is 1. The number of aryl methyl sites for hydroxylation is 2. The molecule has 0 radical (unpaired) electrons. The minimum atomic E-state index is 0.0308. The lowest BCUT2D eigenvalue weighted by Crippen LogP contribution is -2.40.